The number of aliphatic hydroxyl groups excluding tert-OH is 1. The molecule has 1 heterocycles. The lowest BCUT2D eigenvalue weighted by Gasteiger charge is -2.40. The van der Waals surface area contributed by atoms with Gasteiger partial charge in [0.15, 0.2) is 6.10 Å². The number of rotatable bonds is 18. The zero-order valence-corrected chi connectivity index (χ0v) is 58.6. The summed E-state index contributed by atoms with van der Waals surface area (Å²) in [7, 11) is 9.62. The van der Waals surface area contributed by atoms with E-state index in [9.17, 15) is 43.5 Å². The third kappa shape index (κ3) is 23.9. The first kappa shape index (κ1) is 80.8. The SMILES string of the molecule is C/C=C/C[C@@H](C)[C@@H](O)[C@H]1C(=O)N[C@@H]([C@@H](C)OC)C(=O)N(C)CC(=O)N(C)[C@@H](CC(C)C)C(=O)N[C@@H](CC(C)C)C(=O)N(C)[C@@H](CC(C)C)C(=O)N[C@@H](C)C(=O)O[C@H](C(C)C)C(=O)N(C)[C@@H](CC(C)C)C(=O)N[C@H](CC(C)C)C(=O)N(C)[C@@H](C(C)C)C(=O)N1C. The normalized spacial score (nSPS) is 26.6. The van der Waals surface area contributed by atoms with Crippen molar-refractivity contribution >= 4 is 65.0 Å². The van der Waals surface area contributed by atoms with Gasteiger partial charge in [-0.05, 0) is 107 Å². The number of likely N-dealkylation sites (N-methyl/N-ethyl adjacent to an activating group) is 6. The van der Waals surface area contributed by atoms with Gasteiger partial charge in [0.05, 0.1) is 18.8 Å². The van der Waals surface area contributed by atoms with Crippen molar-refractivity contribution < 1.29 is 67.3 Å². The van der Waals surface area contributed by atoms with E-state index >= 15 is 14.4 Å². The van der Waals surface area contributed by atoms with E-state index in [-0.39, 0.29) is 68.1 Å². The van der Waals surface area contributed by atoms with Crippen LogP contribution in [-0.4, -0.2) is 228 Å². The molecule has 0 saturated carbocycles. The van der Waals surface area contributed by atoms with Crippen LogP contribution in [0, 0.1) is 47.3 Å². The third-order valence-electron chi connectivity index (χ3n) is 16.4. The molecule has 0 unspecified atom stereocenters. The van der Waals surface area contributed by atoms with Crippen LogP contribution in [0.4, 0.5) is 0 Å². The highest BCUT2D eigenvalue weighted by Crippen LogP contribution is 2.25. The van der Waals surface area contributed by atoms with Crippen molar-refractivity contribution in [2.75, 3.05) is 55.9 Å². The van der Waals surface area contributed by atoms with Gasteiger partial charge >= 0.3 is 5.97 Å². The van der Waals surface area contributed by atoms with Crippen molar-refractivity contribution in [3.8, 4) is 0 Å². The first-order valence-electron chi connectivity index (χ1n) is 31.9. The van der Waals surface area contributed by atoms with Crippen molar-refractivity contribution in [3.05, 3.63) is 12.2 Å². The number of carbonyl (C=O) groups is 11. The van der Waals surface area contributed by atoms with E-state index in [1.807, 2.05) is 69.2 Å². The number of hydrogen-bond donors (Lipinski definition) is 5. The summed E-state index contributed by atoms with van der Waals surface area (Å²) in [5, 5.41) is 23.4. The number of allylic oxidation sites excluding steroid dienone is 2. The van der Waals surface area contributed by atoms with Gasteiger partial charge in [0, 0.05) is 49.4 Å². The van der Waals surface area contributed by atoms with E-state index < -0.39 is 162 Å². The zero-order chi connectivity index (χ0) is 69.0. The van der Waals surface area contributed by atoms with Gasteiger partial charge in [0.2, 0.25) is 53.2 Å². The Morgan fingerprint density at radius 2 is 0.910 bits per heavy atom. The number of ether oxygens (including phenoxy) is 2. The molecule has 10 amide bonds. The predicted molar refractivity (Wildman–Crippen MR) is 342 cm³/mol. The molecule has 24 nitrogen and oxygen atoms in total. The van der Waals surface area contributed by atoms with Crippen molar-refractivity contribution in [2.24, 2.45) is 47.3 Å². The van der Waals surface area contributed by atoms with Crippen LogP contribution in [0.2, 0.25) is 0 Å². The molecule has 1 rings (SSSR count). The van der Waals surface area contributed by atoms with Gasteiger partial charge in [-0.2, -0.15) is 0 Å². The van der Waals surface area contributed by atoms with Crippen LogP contribution in [0.5, 0.6) is 0 Å². The quantitative estimate of drug-likeness (QED) is 0.0958. The van der Waals surface area contributed by atoms with E-state index in [0.29, 0.717) is 0 Å². The Kier molecular flexibility index (Phi) is 33.8. The van der Waals surface area contributed by atoms with Gasteiger partial charge in [0.1, 0.15) is 54.4 Å². The first-order valence-corrected chi connectivity index (χ1v) is 31.9. The monoisotopic (exact) mass is 1260 g/mol. The second-order valence-corrected chi connectivity index (χ2v) is 27.5. The number of nitrogens with one attached hydrogen (secondary N) is 4. The standard InChI is InChI=1S/C65H116N10O14/c1-26-27-28-42(16)54(77)53-59(81)69-51(44(18)88-25)62(84)70(19)34-50(76)71(20)47(31-37(6)7)57(79)67-45(29-35(2)3)60(82)72(21)48(32-38(8)9)56(78)66-43(17)65(87)89-55(41(14)15)64(86)73(22)49(33-39(10)11)58(80)68-46(30-36(4)5)61(83)74(23)52(40(12)13)63(85)75(53)24/h26-27,35-49,51-55,77H,28-34H2,1-25H3,(H,66,78)(H,67,79)(H,68,80)(H,69,81)/b27-26+/t42-,43+,44-,45+,46-,47+,48+,49+,51+,52+,53+,54-,55-/m1/s1. The van der Waals surface area contributed by atoms with Crippen LogP contribution >= 0.6 is 0 Å². The Balaban J connectivity index is 4.45. The van der Waals surface area contributed by atoms with E-state index in [2.05, 4.69) is 21.3 Å². The van der Waals surface area contributed by atoms with Gasteiger partial charge in [-0.1, -0.05) is 116 Å². The topological polar surface area (TPSA) is 294 Å². The fourth-order valence-corrected chi connectivity index (χ4v) is 11.0. The average molecular weight is 1260 g/mol. The maximum absolute atomic E-state index is 15.2. The lowest BCUT2D eigenvalue weighted by atomic mass is 9.91. The summed E-state index contributed by atoms with van der Waals surface area (Å²) >= 11 is 0. The van der Waals surface area contributed by atoms with Crippen LogP contribution in [0.1, 0.15) is 163 Å². The Morgan fingerprint density at radius 3 is 1.31 bits per heavy atom. The van der Waals surface area contributed by atoms with E-state index in [0.717, 1.165) is 9.80 Å². The summed E-state index contributed by atoms with van der Waals surface area (Å²) in [5.74, 6) is -11.1. The van der Waals surface area contributed by atoms with Gasteiger partial charge in [-0.25, -0.2) is 4.79 Å². The van der Waals surface area contributed by atoms with Crippen LogP contribution in [0.15, 0.2) is 12.2 Å². The molecule has 1 aliphatic heterocycles. The van der Waals surface area contributed by atoms with Crippen LogP contribution in [0.3, 0.4) is 0 Å². The summed E-state index contributed by atoms with van der Waals surface area (Å²) in [6, 6.07) is -11.9. The molecule has 0 aliphatic carbocycles. The van der Waals surface area contributed by atoms with Crippen LogP contribution < -0.4 is 21.3 Å². The van der Waals surface area contributed by atoms with Crippen molar-refractivity contribution in [2.45, 2.75) is 236 Å². The summed E-state index contributed by atoms with van der Waals surface area (Å²) in [5.41, 5.74) is 0. The molecule has 24 heteroatoms. The molecule has 0 bridgehead atoms. The lowest BCUT2D eigenvalue weighted by molar-refractivity contribution is -0.166. The molecule has 1 aliphatic rings. The minimum absolute atomic E-state index is 0.0926. The number of carbonyl (C=O) groups excluding carboxylic acids is 11. The van der Waals surface area contributed by atoms with E-state index in [1.54, 1.807) is 53.7 Å². The fraction of sp³-hybridized carbons (Fsp3) is 0.800. The van der Waals surface area contributed by atoms with Crippen molar-refractivity contribution in [1.82, 2.24) is 50.7 Å². The Labute approximate surface area is 532 Å². The number of nitrogens with zero attached hydrogens (tertiary/aromatic N) is 6. The largest absolute Gasteiger partial charge is 0.450 e. The molecular weight excluding hydrogens is 1140 g/mol. The Morgan fingerprint density at radius 1 is 0.506 bits per heavy atom. The zero-order valence-electron chi connectivity index (χ0n) is 58.6. The van der Waals surface area contributed by atoms with Crippen LogP contribution in [-0.2, 0) is 62.2 Å². The summed E-state index contributed by atoms with van der Waals surface area (Å²) in [4.78, 5) is 169. The third-order valence-corrected chi connectivity index (χ3v) is 16.4. The number of aliphatic hydroxyl groups is 1. The molecular formula is C65H116N10O14. The van der Waals surface area contributed by atoms with Gasteiger partial charge in [-0.15, -0.1) is 0 Å². The Bertz CT molecular complexity index is 2410. The van der Waals surface area contributed by atoms with E-state index in [1.165, 1.54) is 82.8 Å². The molecule has 5 N–H and O–H groups in total. The first-order chi connectivity index (χ1) is 41.1. The second-order valence-electron chi connectivity index (χ2n) is 27.5. The summed E-state index contributed by atoms with van der Waals surface area (Å²) in [6.07, 6.45) is 0.362. The van der Waals surface area contributed by atoms with Crippen molar-refractivity contribution in [1.29, 1.82) is 0 Å². The molecule has 1 saturated heterocycles. The Hall–Kier alpha value is -6.17. The predicted octanol–water partition coefficient (Wildman–Crippen LogP) is 4.00. The number of methoxy groups -OCH3 is 1. The molecule has 0 aromatic heterocycles. The van der Waals surface area contributed by atoms with E-state index in [4.69, 9.17) is 9.47 Å². The minimum Gasteiger partial charge on any atom is -0.450 e. The molecule has 0 spiro atoms. The number of cyclic esters (lactones) is 1. The highest BCUT2D eigenvalue weighted by Gasteiger charge is 2.46. The molecule has 510 valence electrons. The molecule has 0 aromatic carbocycles. The second kappa shape index (κ2) is 37.2. The molecule has 13 atom stereocenters. The lowest BCUT2D eigenvalue weighted by Crippen LogP contribution is -2.64. The molecule has 0 radical (unpaired) electrons. The van der Waals surface area contributed by atoms with Gasteiger partial charge < -0.3 is 65.2 Å². The molecule has 0 aromatic rings. The minimum atomic E-state index is -1.68. The molecule has 1 fully saturated rings. The number of esters is 1. The van der Waals surface area contributed by atoms with Crippen molar-refractivity contribution in [3.63, 3.8) is 0 Å². The fourth-order valence-electron chi connectivity index (χ4n) is 11.0. The highest BCUT2D eigenvalue weighted by molar-refractivity contribution is 5.99. The summed E-state index contributed by atoms with van der Waals surface area (Å²) < 4.78 is 11.5. The number of hydrogen-bond acceptors (Lipinski definition) is 14. The highest BCUT2D eigenvalue weighted by atomic mass is 16.6. The maximum atomic E-state index is 15.2. The number of amides is 10. The maximum Gasteiger partial charge on any atom is 0.329 e. The van der Waals surface area contributed by atoms with Gasteiger partial charge in [0.25, 0.3) is 5.91 Å². The van der Waals surface area contributed by atoms with Crippen LogP contribution in [0.25, 0.3) is 0 Å². The molecule has 89 heavy (non-hydrogen) atoms. The van der Waals surface area contributed by atoms with Gasteiger partial charge in [-0.3, -0.25) is 47.9 Å². The smallest absolute Gasteiger partial charge is 0.329 e. The average Bonchev–Trinajstić information content (AvgIpc) is 3.65. The summed E-state index contributed by atoms with van der Waals surface area (Å²) in [6.45, 7) is 31.0.